The normalized spacial score (nSPS) is 49.4. The van der Waals surface area contributed by atoms with Gasteiger partial charge in [-0.05, 0) is 0 Å². The van der Waals surface area contributed by atoms with E-state index in [1.807, 2.05) is 0 Å². The molecule has 0 spiro atoms. The van der Waals surface area contributed by atoms with Crippen LogP contribution >= 0.6 is 0 Å². The quantitative estimate of drug-likeness (QED) is 0.0956. The zero-order valence-electron chi connectivity index (χ0n) is 25.1. The topological polar surface area (TPSA) is 336 Å². The first kappa shape index (κ1) is 38.5. The zero-order valence-corrected chi connectivity index (χ0v) is 25.1. The van der Waals surface area contributed by atoms with Crippen molar-refractivity contribution in [3.8, 4) is 0 Å². The molecule has 4 fully saturated rings. The van der Waals surface area contributed by atoms with Gasteiger partial charge in [-0.15, -0.1) is 0 Å². The zero-order chi connectivity index (χ0) is 34.7. The van der Waals surface area contributed by atoms with Crippen LogP contribution in [0.15, 0.2) is 0 Å². The summed E-state index contributed by atoms with van der Waals surface area (Å²) in [7, 11) is 0. The maximum Gasteiger partial charge on any atom is 0.217 e. The lowest BCUT2D eigenvalue weighted by molar-refractivity contribution is -0.382. The first-order chi connectivity index (χ1) is 22.2. The smallest absolute Gasteiger partial charge is 0.217 e. The molecule has 19 atom stereocenters. The molecule has 21 nitrogen and oxygen atoms in total. The van der Waals surface area contributed by atoms with Crippen molar-refractivity contribution >= 4 is 5.91 Å². The van der Waals surface area contributed by atoms with Crippen molar-refractivity contribution in [2.24, 2.45) is 0 Å². The van der Waals surface area contributed by atoms with E-state index < -0.39 is 149 Å². The van der Waals surface area contributed by atoms with Gasteiger partial charge in [-0.1, -0.05) is 0 Å². The molecule has 0 unspecified atom stereocenters. The third-order valence-corrected chi connectivity index (χ3v) is 8.45. The van der Waals surface area contributed by atoms with Gasteiger partial charge in [-0.2, -0.15) is 0 Å². The summed E-state index contributed by atoms with van der Waals surface area (Å²) in [6.07, 6.45) is -30.2. The number of rotatable bonds is 11. The van der Waals surface area contributed by atoms with Crippen LogP contribution in [0.5, 0.6) is 0 Å². The minimum Gasteiger partial charge on any atom is -0.394 e. The molecule has 0 bridgehead atoms. The average Bonchev–Trinajstić information content (AvgIpc) is 3.04. The van der Waals surface area contributed by atoms with Crippen molar-refractivity contribution in [2.45, 2.75) is 130 Å². The second kappa shape index (κ2) is 16.6. The lowest BCUT2D eigenvalue weighted by Gasteiger charge is -2.49. The monoisotopic (exact) mass is 691 g/mol. The molecule has 47 heavy (non-hydrogen) atoms. The number of nitrogens with one attached hydrogen (secondary N) is 1. The predicted molar refractivity (Wildman–Crippen MR) is 144 cm³/mol. The van der Waals surface area contributed by atoms with E-state index in [0.717, 1.165) is 6.92 Å². The molecule has 274 valence electrons. The standard InChI is InChI=1S/C26H45NO20/c1-7(31)27-13-18(37)15(34)10(4-29)44-24(13)47-22-19(38)16(35)11(5-30)45-26(22)46-21-17(36)12(43-23(40)20(21)39)6-41-25-14(33)9(32)2-8(3-28)42-25/h8-26,28-30,32-40H,2-6H2,1H3,(H,27,31)/t8-,9-,10+,11+,12+,13+,14-,15+,16+,17+,18+,19-,20-,21-,22-,23+,24-,25-,26+/m0/s1. The summed E-state index contributed by atoms with van der Waals surface area (Å²) in [6, 6.07) is -1.50. The molecule has 1 amide bonds. The van der Waals surface area contributed by atoms with Gasteiger partial charge >= 0.3 is 0 Å². The number of hydrogen-bond acceptors (Lipinski definition) is 20. The van der Waals surface area contributed by atoms with Crippen molar-refractivity contribution in [1.29, 1.82) is 0 Å². The fraction of sp³-hybridized carbons (Fsp3) is 0.962. The first-order valence-corrected chi connectivity index (χ1v) is 15.0. The summed E-state index contributed by atoms with van der Waals surface area (Å²) < 4.78 is 38.7. The summed E-state index contributed by atoms with van der Waals surface area (Å²) in [5.74, 6) is -0.697. The molecule has 13 N–H and O–H groups in total. The van der Waals surface area contributed by atoms with Gasteiger partial charge in [-0.3, -0.25) is 4.79 Å². The van der Waals surface area contributed by atoms with E-state index in [9.17, 15) is 66.1 Å². The Morgan fingerprint density at radius 3 is 1.83 bits per heavy atom. The van der Waals surface area contributed by atoms with Gasteiger partial charge in [0.05, 0.1) is 38.6 Å². The molecule has 4 rings (SSSR count). The minimum atomic E-state index is -2.02. The SMILES string of the molecule is CC(=O)N[C@H]1[C@H](O[C@@H]2[C@@H](O[C@@H]3[C@H](O)[C@H](O)O[C@H](CO[C@H]4O[C@H](CO)C[C@H](O)[C@@H]4O)[C@H]3O)O[C@H](CO)[C@@H](O)[C@@H]2O)O[C@H](CO)[C@@H](O)[C@@H]1O. The maximum atomic E-state index is 11.9. The van der Waals surface area contributed by atoms with E-state index in [1.54, 1.807) is 0 Å². The second-order valence-electron chi connectivity index (χ2n) is 11.8. The summed E-state index contributed by atoms with van der Waals surface area (Å²) in [5.41, 5.74) is 0. The Kier molecular flexibility index (Phi) is 13.6. The second-order valence-corrected chi connectivity index (χ2v) is 11.8. The molecule has 4 aliphatic rings. The molecule has 0 radical (unpaired) electrons. The number of amides is 1. The average molecular weight is 692 g/mol. The molecule has 0 aromatic rings. The molecule has 0 aromatic heterocycles. The van der Waals surface area contributed by atoms with Crippen molar-refractivity contribution in [3.63, 3.8) is 0 Å². The van der Waals surface area contributed by atoms with Gasteiger partial charge in [-0.25, -0.2) is 0 Å². The number of ether oxygens (including phenoxy) is 7. The lowest BCUT2D eigenvalue weighted by atomic mass is 9.95. The largest absolute Gasteiger partial charge is 0.394 e. The summed E-state index contributed by atoms with van der Waals surface area (Å²) in [4.78, 5) is 11.9. The number of aliphatic hydroxyl groups excluding tert-OH is 12. The van der Waals surface area contributed by atoms with Crippen molar-refractivity contribution in [2.75, 3.05) is 26.4 Å². The Hall–Kier alpha value is -1.29. The predicted octanol–water partition coefficient (Wildman–Crippen LogP) is -8.58. The van der Waals surface area contributed by atoms with Crippen LogP contribution in [0, 0.1) is 0 Å². The van der Waals surface area contributed by atoms with Crippen LogP contribution < -0.4 is 5.32 Å². The van der Waals surface area contributed by atoms with Crippen LogP contribution in [0.25, 0.3) is 0 Å². The third kappa shape index (κ3) is 8.54. The molecule has 0 aliphatic carbocycles. The number of carbonyl (C=O) groups excluding carboxylic acids is 1. The van der Waals surface area contributed by atoms with E-state index in [-0.39, 0.29) is 6.42 Å². The van der Waals surface area contributed by atoms with Gasteiger partial charge in [0, 0.05) is 13.3 Å². The summed E-state index contributed by atoms with van der Waals surface area (Å²) in [5, 5.41) is 126. The highest BCUT2D eigenvalue weighted by molar-refractivity contribution is 5.73. The van der Waals surface area contributed by atoms with E-state index in [4.69, 9.17) is 33.2 Å². The molecular weight excluding hydrogens is 646 g/mol. The minimum absolute atomic E-state index is 0.0848. The molecular formula is C26H45NO20. The van der Waals surface area contributed by atoms with E-state index in [0.29, 0.717) is 0 Å². The van der Waals surface area contributed by atoms with E-state index >= 15 is 0 Å². The highest BCUT2D eigenvalue weighted by Crippen LogP contribution is 2.33. The van der Waals surface area contributed by atoms with Crippen molar-refractivity contribution in [1.82, 2.24) is 5.32 Å². The van der Waals surface area contributed by atoms with Crippen LogP contribution in [-0.4, -0.2) is 210 Å². The Balaban J connectivity index is 1.54. The van der Waals surface area contributed by atoms with E-state index in [1.165, 1.54) is 0 Å². The van der Waals surface area contributed by atoms with Gasteiger partial charge in [0.25, 0.3) is 0 Å². The van der Waals surface area contributed by atoms with Crippen LogP contribution in [0.3, 0.4) is 0 Å². The van der Waals surface area contributed by atoms with Crippen LogP contribution in [0.1, 0.15) is 13.3 Å². The number of carbonyl (C=O) groups is 1. The van der Waals surface area contributed by atoms with Crippen LogP contribution in [0.4, 0.5) is 0 Å². The van der Waals surface area contributed by atoms with Gasteiger partial charge < -0.3 is 99.8 Å². The lowest BCUT2D eigenvalue weighted by Crippen LogP contribution is -2.68. The number of hydrogen-bond donors (Lipinski definition) is 13. The fourth-order valence-electron chi connectivity index (χ4n) is 5.78. The Morgan fingerprint density at radius 2 is 1.23 bits per heavy atom. The Labute approximate surface area is 267 Å². The summed E-state index contributed by atoms with van der Waals surface area (Å²) >= 11 is 0. The number of aliphatic hydroxyl groups is 12. The summed E-state index contributed by atoms with van der Waals surface area (Å²) in [6.45, 7) is -1.71. The van der Waals surface area contributed by atoms with Gasteiger partial charge in [0.1, 0.15) is 79.3 Å². The van der Waals surface area contributed by atoms with Gasteiger partial charge in [0.2, 0.25) is 5.91 Å². The van der Waals surface area contributed by atoms with Crippen molar-refractivity contribution in [3.05, 3.63) is 0 Å². The maximum absolute atomic E-state index is 11.9. The first-order valence-electron chi connectivity index (χ1n) is 15.0. The van der Waals surface area contributed by atoms with Crippen LogP contribution in [-0.2, 0) is 38.0 Å². The third-order valence-electron chi connectivity index (χ3n) is 8.45. The highest BCUT2D eigenvalue weighted by atomic mass is 16.8. The molecule has 4 aliphatic heterocycles. The molecule has 21 heteroatoms. The molecule has 0 saturated carbocycles. The van der Waals surface area contributed by atoms with E-state index in [2.05, 4.69) is 5.32 Å². The van der Waals surface area contributed by atoms with Gasteiger partial charge in [0.15, 0.2) is 25.2 Å². The molecule has 4 heterocycles. The molecule has 0 aromatic carbocycles. The molecule has 4 saturated heterocycles. The van der Waals surface area contributed by atoms with Crippen molar-refractivity contribution < 1.29 is 99.2 Å². The Bertz CT molecular complexity index is 998. The Morgan fingerprint density at radius 1 is 0.638 bits per heavy atom. The fourth-order valence-corrected chi connectivity index (χ4v) is 5.78. The van der Waals surface area contributed by atoms with Crippen LogP contribution in [0.2, 0.25) is 0 Å². The highest BCUT2D eigenvalue weighted by Gasteiger charge is 2.54.